The van der Waals surface area contributed by atoms with E-state index in [0.29, 0.717) is 11.7 Å². The lowest BCUT2D eigenvalue weighted by Gasteiger charge is -2.19. The van der Waals surface area contributed by atoms with Crippen LogP contribution in [-0.4, -0.2) is 28.0 Å². The molecule has 0 bridgehead atoms. The van der Waals surface area contributed by atoms with Crippen molar-refractivity contribution < 1.29 is 19.4 Å². The monoisotopic (exact) mass is 600 g/mol. The second-order valence-electron chi connectivity index (χ2n) is 13.3. The number of hydrogen-bond acceptors (Lipinski definition) is 4. The number of pyridine rings is 1. The number of carbonyl (C=O) groups is 2. The van der Waals surface area contributed by atoms with Gasteiger partial charge in [-0.15, -0.1) is 0 Å². The smallest absolute Gasteiger partial charge is 0.326 e. The molecule has 4 aromatic carbocycles. The van der Waals surface area contributed by atoms with E-state index < -0.39 is 17.9 Å². The summed E-state index contributed by atoms with van der Waals surface area (Å²) in [5, 5.41) is 16.7. The minimum atomic E-state index is -1.09. The summed E-state index contributed by atoms with van der Waals surface area (Å²) in [6.07, 6.45) is 5.63. The van der Waals surface area contributed by atoms with Crippen molar-refractivity contribution in [1.82, 2.24) is 10.3 Å². The van der Waals surface area contributed by atoms with Gasteiger partial charge in [0.25, 0.3) is 5.91 Å². The number of carboxylic acid groups (broad SMARTS) is 1. The fourth-order valence-corrected chi connectivity index (χ4v) is 6.31. The zero-order valence-electron chi connectivity index (χ0n) is 26.2. The number of aliphatic carboxylic acids is 1. The van der Waals surface area contributed by atoms with Crippen LogP contribution in [0.5, 0.6) is 11.5 Å². The Hall–Kier alpha value is -4.71. The third-order valence-electron chi connectivity index (χ3n) is 8.89. The van der Waals surface area contributed by atoms with E-state index in [4.69, 9.17) is 9.72 Å². The Morgan fingerprint density at radius 2 is 1.56 bits per heavy atom. The maximum Gasteiger partial charge on any atom is 0.326 e. The van der Waals surface area contributed by atoms with Crippen molar-refractivity contribution in [3.63, 3.8) is 0 Å². The number of nitrogens with zero attached hydrogens (tertiary/aromatic N) is 1. The molecule has 45 heavy (non-hydrogen) atoms. The van der Waals surface area contributed by atoms with E-state index in [1.165, 1.54) is 18.4 Å². The van der Waals surface area contributed by atoms with Crippen LogP contribution in [0, 0.1) is 5.92 Å². The van der Waals surface area contributed by atoms with Gasteiger partial charge in [-0.1, -0.05) is 107 Å². The van der Waals surface area contributed by atoms with Crippen LogP contribution in [0.4, 0.5) is 0 Å². The van der Waals surface area contributed by atoms with Crippen molar-refractivity contribution in [2.24, 2.45) is 5.92 Å². The summed E-state index contributed by atoms with van der Waals surface area (Å²) in [7, 11) is 0. The van der Waals surface area contributed by atoms with Gasteiger partial charge in [0, 0.05) is 17.5 Å². The molecule has 0 aliphatic heterocycles. The fourth-order valence-electron chi connectivity index (χ4n) is 6.31. The number of rotatable bonds is 9. The number of carbonyl (C=O) groups excluding carboxylic acids is 1. The fraction of sp³-hybridized carbons (Fsp3) is 0.308. The molecule has 230 valence electrons. The predicted molar refractivity (Wildman–Crippen MR) is 179 cm³/mol. The number of fused-ring (bicyclic) bond motifs is 2. The molecule has 2 N–H and O–H groups in total. The molecule has 0 unspecified atom stereocenters. The number of aromatic nitrogens is 1. The molecule has 0 saturated heterocycles. The van der Waals surface area contributed by atoms with Gasteiger partial charge in [0.05, 0.1) is 0 Å². The van der Waals surface area contributed by atoms with Crippen LogP contribution < -0.4 is 10.1 Å². The Kier molecular flexibility index (Phi) is 8.57. The largest absolute Gasteiger partial charge is 0.480 e. The number of benzene rings is 4. The van der Waals surface area contributed by atoms with Gasteiger partial charge in [0.15, 0.2) is 0 Å². The highest BCUT2D eigenvalue weighted by atomic mass is 16.5. The van der Waals surface area contributed by atoms with E-state index in [-0.39, 0.29) is 17.5 Å². The minimum absolute atomic E-state index is 0.0627. The normalized spacial score (nSPS) is 14.5. The third kappa shape index (κ3) is 7.17. The van der Waals surface area contributed by atoms with Gasteiger partial charge in [0.2, 0.25) is 0 Å². The Labute approximate surface area is 264 Å². The molecule has 6 heteroatoms. The molecule has 1 aromatic heterocycles. The van der Waals surface area contributed by atoms with Gasteiger partial charge in [-0.25, -0.2) is 9.78 Å². The third-order valence-corrected chi connectivity index (χ3v) is 8.89. The molecule has 1 amide bonds. The standard InChI is InChI=1S/C39H40N2O4/c1-39(2,3)30-15-18-31(19-16-30)45-32-17-14-29-23-35(40-34(33(29)24-32)21-25-8-4-5-9-25)37(42)41-36(38(43)44)22-26-12-13-27-10-6-7-11-28(27)20-26/h6-7,10-20,23-25,36H,4-5,8-9,21-22H2,1-3H3,(H,41,42)(H,43,44)/t36-/m1/s1. The summed E-state index contributed by atoms with van der Waals surface area (Å²) in [5.74, 6) is 0.403. The van der Waals surface area contributed by atoms with E-state index >= 15 is 0 Å². The summed E-state index contributed by atoms with van der Waals surface area (Å²) in [4.78, 5) is 30.6. The first kappa shape index (κ1) is 30.3. The number of hydrogen-bond donors (Lipinski definition) is 2. The Morgan fingerprint density at radius 1 is 0.867 bits per heavy atom. The van der Waals surface area contributed by atoms with E-state index in [2.05, 4.69) is 38.2 Å². The molecule has 1 saturated carbocycles. The maximum atomic E-state index is 13.5. The molecule has 1 fully saturated rings. The predicted octanol–water partition coefficient (Wildman–Crippen LogP) is 8.64. The zero-order valence-corrected chi connectivity index (χ0v) is 26.2. The van der Waals surface area contributed by atoms with Gasteiger partial charge in [0.1, 0.15) is 23.2 Å². The topological polar surface area (TPSA) is 88.5 Å². The van der Waals surface area contributed by atoms with Crippen LogP contribution in [0.3, 0.4) is 0 Å². The van der Waals surface area contributed by atoms with Crippen molar-refractivity contribution in [1.29, 1.82) is 0 Å². The molecule has 1 aliphatic rings. The number of amides is 1. The van der Waals surface area contributed by atoms with Gasteiger partial charge < -0.3 is 15.2 Å². The van der Waals surface area contributed by atoms with Crippen molar-refractivity contribution in [3.8, 4) is 11.5 Å². The molecule has 1 atom stereocenters. The lowest BCUT2D eigenvalue weighted by molar-refractivity contribution is -0.139. The lowest BCUT2D eigenvalue weighted by Crippen LogP contribution is -2.42. The molecular weight excluding hydrogens is 560 g/mol. The quantitative estimate of drug-likeness (QED) is 0.177. The lowest BCUT2D eigenvalue weighted by atomic mass is 9.87. The second-order valence-corrected chi connectivity index (χ2v) is 13.3. The highest BCUT2D eigenvalue weighted by Gasteiger charge is 2.24. The number of nitrogens with one attached hydrogen (secondary N) is 1. The SMILES string of the molecule is CC(C)(C)c1ccc(Oc2ccc3cc(C(=O)N[C@H](Cc4ccc5ccccc5c4)C(=O)O)nc(CC4CCCC4)c3c2)cc1. The molecule has 6 rings (SSSR count). The Balaban J connectivity index is 1.26. The van der Waals surface area contributed by atoms with Crippen molar-refractivity contribution >= 4 is 33.4 Å². The first-order chi connectivity index (χ1) is 21.6. The molecule has 1 aliphatic carbocycles. The summed E-state index contributed by atoms with van der Waals surface area (Å²) in [6.45, 7) is 6.56. The van der Waals surface area contributed by atoms with Crippen LogP contribution in [0.25, 0.3) is 21.5 Å². The highest BCUT2D eigenvalue weighted by molar-refractivity contribution is 5.99. The van der Waals surface area contributed by atoms with Gasteiger partial charge in [-0.05, 0) is 75.4 Å². The van der Waals surface area contributed by atoms with Gasteiger partial charge in [-0.2, -0.15) is 0 Å². The van der Waals surface area contributed by atoms with Crippen molar-refractivity contribution in [3.05, 3.63) is 114 Å². The molecule has 0 radical (unpaired) electrons. The van der Waals surface area contributed by atoms with Crippen LogP contribution >= 0.6 is 0 Å². The summed E-state index contributed by atoms with van der Waals surface area (Å²) in [6, 6.07) is 28.5. The first-order valence-electron chi connectivity index (χ1n) is 15.9. The average Bonchev–Trinajstić information content (AvgIpc) is 3.53. The van der Waals surface area contributed by atoms with Crippen molar-refractivity contribution in [2.75, 3.05) is 0 Å². The number of carboxylic acids is 1. The van der Waals surface area contributed by atoms with E-state index in [1.54, 1.807) is 6.07 Å². The van der Waals surface area contributed by atoms with E-state index in [0.717, 1.165) is 57.8 Å². The molecule has 5 aromatic rings. The summed E-state index contributed by atoms with van der Waals surface area (Å²) >= 11 is 0. The van der Waals surface area contributed by atoms with Crippen LogP contribution in [-0.2, 0) is 23.1 Å². The Bertz CT molecular complexity index is 1850. The summed E-state index contributed by atoms with van der Waals surface area (Å²) < 4.78 is 6.25. The molecule has 1 heterocycles. The summed E-state index contributed by atoms with van der Waals surface area (Å²) in [5.41, 5.74) is 3.22. The van der Waals surface area contributed by atoms with Gasteiger partial charge in [-0.3, -0.25) is 4.79 Å². The zero-order chi connectivity index (χ0) is 31.6. The maximum absolute atomic E-state index is 13.5. The molecular formula is C39H40N2O4. The van der Waals surface area contributed by atoms with Crippen molar-refractivity contribution in [2.45, 2.75) is 70.8 Å². The highest BCUT2D eigenvalue weighted by Crippen LogP contribution is 2.33. The van der Waals surface area contributed by atoms with E-state index in [9.17, 15) is 14.7 Å². The number of ether oxygens (including phenoxy) is 1. The van der Waals surface area contributed by atoms with Crippen LogP contribution in [0.2, 0.25) is 0 Å². The molecule has 6 nitrogen and oxygen atoms in total. The Morgan fingerprint density at radius 3 is 2.27 bits per heavy atom. The average molecular weight is 601 g/mol. The van der Waals surface area contributed by atoms with Gasteiger partial charge >= 0.3 is 5.97 Å². The second kappa shape index (κ2) is 12.7. The minimum Gasteiger partial charge on any atom is -0.480 e. The first-order valence-corrected chi connectivity index (χ1v) is 15.9. The van der Waals surface area contributed by atoms with Crippen LogP contribution in [0.15, 0.2) is 91.0 Å². The van der Waals surface area contributed by atoms with Crippen LogP contribution in [0.1, 0.15) is 73.8 Å². The molecule has 0 spiro atoms. The van der Waals surface area contributed by atoms with E-state index in [1.807, 2.05) is 72.8 Å².